The monoisotopic (exact) mass is 653 g/mol. The number of rotatable bonds is 3. The predicted molar refractivity (Wildman–Crippen MR) is 213 cm³/mol. The van der Waals surface area contributed by atoms with Gasteiger partial charge in [0.1, 0.15) is 0 Å². The lowest BCUT2D eigenvalue weighted by atomic mass is 9.94. The lowest BCUT2D eigenvalue weighted by Gasteiger charge is -2.14. The molecule has 0 saturated heterocycles. The van der Waals surface area contributed by atoms with Crippen LogP contribution in [0.2, 0.25) is 0 Å². The topological polar surface area (TPSA) is 30.7 Å². The van der Waals surface area contributed by atoms with E-state index in [0.29, 0.717) is 5.95 Å². The Morgan fingerprint density at radius 3 is 1.48 bits per heavy atom. The van der Waals surface area contributed by atoms with Gasteiger partial charge < -0.3 is 0 Å². The van der Waals surface area contributed by atoms with Crippen LogP contribution in [0.3, 0.4) is 0 Å². The molecule has 0 saturated carbocycles. The molecule has 11 aromatic rings. The third-order valence-electron chi connectivity index (χ3n) is 10.2. The highest BCUT2D eigenvalue weighted by Crippen LogP contribution is 2.51. The number of aromatic nitrogens is 3. The number of benzene rings is 8. The molecule has 4 heteroatoms. The molecule has 0 amide bonds. The van der Waals surface area contributed by atoms with Crippen LogP contribution in [0, 0.1) is 0 Å². The minimum absolute atomic E-state index is 0.662. The third kappa shape index (κ3) is 3.85. The Morgan fingerprint density at radius 2 is 0.840 bits per heavy atom. The van der Waals surface area contributed by atoms with Crippen molar-refractivity contribution in [1.82, 2.24) is 14.5 Å². The lowest BCUT2D eigenvalue weighted by molar-refractivity contribution is 1.00. The molecule has 0 spiro atoms. The van der Waals surface area contributed by atoms with E-state index in [-0.39, 0.29) is 0 Å². The second-order valence-electron chi connectivity index (χ2n) is 12.9. The van der Waals surface area contributed by atoms with E-state index in [4.69, 9.17) is 9.97 Å². The van der Waals surface area contributed by atoms with Crippen LogP contribution in [0.15, 0.2) is 164 Å². The van der Waals surface area contributed by atoms with Gasteiger partial charge in [0.15, 0.2) is 0 Å². The minimum Gasteiger partial charge on any atom is -0.277 e. The van der Waals surface area contributed by atoms with Gasteiger partial charge in [0.25, 0.3) is 0 Å². The largest absolute Gasteiger partial charge is 0.277 e. The Balaban J connectivity index is 1.46. The van der Waals surface area contributed by atoms with Crippen molar-refractivity contribution in [3.63, 3.8) is 0 Å². The molecule has 0 radical (unpaired) electrons. The molecule has 0 atom stereocenters. The summed E-state index contributed by atoms with van der Waals surface area (Å²) in [5.74, 6) is 0.662. The van der Waals surface area contributed by atoms with Gasteiger partial charge in [-0.15, -0.1) is 11.3 Å². The molecule has 3 nitrogen and oxygen atoms in total. The summed E-state index contributed by atoms with van der Waals surface area (Å²) in [4.78, 5) is 10.9. The molecular formula is C46H27N3S. The summed E-state index contributed by atoms with van der Waals surface area (Å²) in [5, 5.41) is 12.4. The van der Waals surface area contributed by atoms with E-state index in [0.717, 1.165) is 33.5 Å². The Hall–Kier alpha value is -6.36. The molecule has 0 bridgehead atoms. The van der Waals surface area contributed by atoms with E-state index in [1.807, 2.05) is 11.3 Å². The predicted octanol–water partition coefficient (Wildman–Crippen LogP) is 12.7. The van der Waals surface area contributed by atoms with Gasteiger partial charge >= 0.3 is 0 Å². The number of hydrogen-bond acceptors (Lipinski definition) is 3. The van der Waals surface area contributed by atoms with Crippen molar-refractivity contribution >= 4 is 85.6 Å². The number of nitrogens with zero attached hydrogens (tertiary/aromatic N) is 3. The van der Waals surface area contributed by atoms with Gasteiger partial charge in [-0.3, -0.25) is 4.57 Å². The van der Waals surface area contributed by atoms with Crippen molar-refractivity contribution in [1.29, 1.82) is 0 Å². The quantitative estimate of drug-likeness (QED) is 0.178. The van der Waals surface area contributed by atoms with Crippen LogP contribution < -0.4 is 0 Å². The van der Waals surface area contributed by atoms with Crippen LogP contribution in [0.5, 0.6) is 0 Å². The molecule has 3 heterocycles. The van der Waals surface area contributed by atoms with Crippen molar-refractivity contribution in [2.45, 2.75) is 0 Å². The zero-order chi connectivity index (χ0) is 32.8. The fraction of sp³-hybridized carbons (Fsp3) is 0. The van der Waals surface area contributed by atoms with Crippen molar-refractivity contribution in [2.24, 2.45) is 0 Å². The molecule has 0 fully saturated rings. The SMILES string of the molecule is c1ccc(-c2cc(-c3ccccc3)nc(-n3c4c5ccccc5c5ccccc5c4c4c5c6ccccc6sc5c5ccccc5c43)n2)cc1. The Kier molecular flexibility index (Phi) is 5.83. The van der Waals surface area contributed by atoms with Gasteiger partial charge in [0, 0.05) is 58.2 Å². The van der Waals surface area contributed by atoms with Gasteiger partial charge in [0.2, 0.25) is 5.95 Å². The highest BCUT2D eigenvalue weighted by molar-refractivity contribution is 7.27. The first kappa shape index (κ1) is 27.6. The first-order valence-electron chi connectivity index (χ1n) is 16.9. The standard InChI is InChI=1S/C46H27N3S/c1-3-15-28(16-4-1)37-27-38(29-17-5-2-6-18-29)48-46(47-37)49-43-33-22-10-8-20-31(33)30-19-7-9-21-32(30)40(43)42-41-36-25-13-14-26-39(36)50-45(41)35-24-12-11-23-34(35)44(42)49/h1-27H. The van der Waals surface area contributed by atoms with Crippen molar-refractivity contribution in [3.05, 3.63) is 164 Å². The van der Waals surface area contributed by atoms with E-state index >= 15 is 0 Å². The van der Waals surface area contributed by atoms with Crippen LogP contribution in [0.25, 0.3) is 103 Å². The second-order valence-corrected chi connectivity index (χ2v) is 13.9. The molecule has 8 aromatic carbocycles. The van der Waals surface area contributed by atoms with E-state index < -0.39 is 0 Å². The molecule has 0 aliphatic rings. The minimum atomic E-state index is 0.662. The van der Waals surface area contributed by atoms with Gasteiger partial charge in [-0.2, -0.15) is 0 Å². The molecule has 11 rings (SSSR count). The van der Waals surface area contributed by atoms with Crippen LogP contribution in [0.1, 0.15) is 0 Å². The van der Waals surface area contributed by atoms with Gasteiger partial charge in [-0.1, -0.05) is 152 Å². The molecule has 0 aliphatic heterocycles. The molecule has 50 heavy (non-hydrogen) atoms. The lowest BCUT2D eigenvalue weighted by Crippen LogP contribution is -2.04. The molecular weight excluding hydrogens is 627 g/mol. The van der Waals surface area contributed by atoms with Crippen molar-refractivity contribution < 1.29 is 0 Å². The summed E-state index contributed by atoms with van der Waals surface area (Å²) in [7, 11) is 0. The number of thiophene rings is 1. The maximum absolute atomic E-state index is 5.45. The molecule has 0 unspecified atom stereocenters. The average molecular weight is 654 g/mol. The van der Waals surface area contributed by atoms with Gasteiger partial charge in [-0.05, 0) is 28.3 Å². The fourth-order valence-corrected chi connectivity index (χ4v) is 9.32. The number of hydrogen-bond donors (Lipinski definition) is 0. The van der Waals surface area contributed by atoms with Crippen LogP contribution in [-0.4, -0.2) is 14.5 Å². The molecule has 232 valence electrons. The maximum Gasteiger partial charge on any atom is 0.235 e. The number of fused-ring (bicyclic) bond motifs is 15. The second kappa shape index (κ2) is 10.6. The highest BCUT2D eigenvalue weighted by Gasteiger charge is 2.26. The van der Waals surface area contributed by atoms with Gasteiger partial charge in [0.05, 0.1) is 22.4 Å². The summed E-state index contributed by atoms with van der Waals surface area (Å²) in [6, 6.07) is 58.5. The van der Waals surface area contributed by atoms with Crippen LogP contribution in [0.4, 0.5) is 0 Å². The van der Waals surface area contributed by atoms with Crippen molar-refractivity contribution in [2.75, 3.05) is 0 Å². The van der Waals surface area contributed by atoms with Crippen molar-refractivity contribution in [3.8, 4) is 28.5 Å². The Labute approximate surface area is 291 Å². The summed E-state index contributed by atoms with van der Waals surface area (Å²) >= 11 is 1.89. The van der Waals surface area contributed by atoms with Crippen LogP contribution in [-0.2, 0) is 0 Å². The van der Waals surface area contributed by atoms with E-state index in [1.165, 1.54) is 63.3 Å². The molecule has 3 aromatic heterocycles. The van der Waals surface area contributed by atoms with Crippen LogP contribution >= 0.6 is 11.3 Å². The van der Waals surface area contributed by atoms with E-state index in [2.05, 4.69) is 168 Å². The summed E-state index contributed by atoms with van der Waals surface area (Å²) < 4.78 is 4.99. The summed E-state index contributed by atoms with van der Waals surface area (Å²) in [5.41, 5.74) is 6.16. The summed E-state index contributed by atoms with van der Waals surface area (Å²) in [6.45, 7) is 0. The summed E-state index contributed by atoms with van der Waals surface area (Å²) in [6.07, 6.45) is 0. The highest BCUT2D eigenvalue weighted by atomic mass is 32.1. The first-order valence-corrected chi connectivity index (χ1v) is 17.7. The Bertz CT molecular complexity index is 3080. The normalized spacial score (nSPS) is 12.0. The maximum atomic E-state index is 5.45. The zero-order valence-electron chi connectivity index (χ0n) is 26.8. The van der Waals surface area contributed by atoms with Gasteiger partial charge in [-0.25, -0.2) is 9.97 Å². The first-order chi connectivity index (χ1) is 24.8. The smallest absolute Gasteiger partial charge is 0.235 e. The average Bonchev–Trinajstić information content (AvgIpc) is 3.76. The molecule has 0 N–H and O–H groups in total. The zero-order valence-corrected chi connectivity index (χ0v) is 27.7. The van der Waals surface area contributed by atoms with E-state index in [9.17, 15) is 0 Å². The van der Waals surface area contributed by atoms with E-state index in [1.54, 1.807) is 0 Å². The fourth-order valence-electron chi connectivity index (χ4n) is 8.07. The third-order valence-corrected chi connectivity index (χ3v) is 11.4. The molecule has 0 aliphatic carbocycles. The Morgan fingerprint density at radius 1 is 0.380 bits per heavy atom.